The number of rotatable bonds is 7. The largest absolute Gasteiger partial charge is 0.463 e. The van der Waals surface area contributed by atoms with Crippen molar-refractivity contribution in [2.45, 2.75) is 37.8 Å². The van der Waals surface area contributed by atoms with E-state index in [1.807, 2.05) is 0 Å². The average molecular weight is 238 g/mol. The summed E-state index contributed by atoms with van der Waals surface area (Å²) in [5, 5.41) is 45.3. The van der Waals surface area contributed by atoms with Crippen LogP contribution in [0.5, 0.6) is 0 Å². The molecular formula is C9H18O7. The summed E-state index contributed by atoms with van der Waals surface area (Å²) in [6.07, 6.45) is -6.37. The van der Waals surface area contributed by atoms with Crippen molar-refractivity contribution in [3.8, 4) is 0 Å². The van der Waals surface area contributed by atoms with Crippen LogP contribution in [0.3, 0.4) is 0 Å². The van der Waals surface area contributed by atoms with Crippen LogP contribution in [0.4, 0.5) is 0 Å². The molecule has 0 aliphatic carbocycles. The Kier molecular flexibility index (Phi) is 7.18. The minimum atomic E-state index is -1.71. The van der Waals surface area contributed by atoms with E-state index in [0.717, 1.165) is 0 Å². The summed E-state index contributed by atoms with van der Waals surface area (Å²) in [5.41, 5.74) is 0. The van der Waals surface area contributed by atoms with Crippen molar-refractivity contribution in [3.63, 3.8) is 0 Å². The van der Waals surface area contributed by atoms with E-state index in [1.54, 1.807) is 6.92 Å². The van der Waals surface area contributed by atoms with Gasteiger partial charge in [0.1, 0.15) is 31.0 Å². The Morgan fingerprint density at radius 1 is 1.12 bits per heavy atom. The molecule has 96 valence electrons. The quantitative estimate of drug-likeness (QED) is 0.307. The fraction of sp³-hybridized carbons (Fsp3) is 0.889. The standard InChI is InChI=1S/C9H18O7/c1-2-7(13)16-4-6(12)9(15)8(14)5(11)3-10/h5-6,8-12,14-15H,2-4H2,1H3/t5-,6+,8-,9-/m1/s1. The third-order valence-corrected chi connectivity index (χ3v) is 2.03. The molecule has 5 N–H and O–H groups in total. The van der Waals surface area contributed by atoms with Gasteiger partial charge in [-0.1, -0.05) is 6.92 Å². The number of carbonyl (C=O) groups excluding carboxylic acids is 1. The monoisotopic (exact) mass is 238 g/mol. The van der Waals surface area contributed by atoms with E-state index in [1.165, 1.54) is 0 Å². The minimum absolute atomic E-state index is 0.130. The normalized spacial score (nSPS) is 18.6. The first-order chi connectivity index (χ1) is 7.43. The van der Waals surface area contributed by atoms with Gasteiger partial charge in [-0.3, -0.25) is 4.79 Å². The zero-order valence-corrected chi connectivity index (χ0v) is 8.98. The topological polar surface area (TPSA) is 127 Å². The van der Waals surface area contributed by atoms with E-state index in [9.17, 15) is 20.1 Å². The second-order valence-corrected chi connectivity index (χ2v) is 3.34. The summed E-state index contributed by atoms with van der Waals surface area (Å²) < 4.78 is 4.53. The summed E-state index contributed by atoms with van der Waals surface area (Å²) >= 11 is 0. The van der Waals surface area contributed by atoms with Crippen molar-refractivity contribution in [2.75, 3.05) is 13.2 Å². The van der Waals surface area contributed by atoms with Gasteiger partial charge in [-0.2, -0.15) is 0 Å². The predicted octanol–water partition coefficient (Wildman–Crippen LogP) is -2.62. The molecule has 4 atom stereocenters. The Bertz CT molecular complexity index is 208. The summed E-state index contributed by atoms with van der Waals surface area (Å²) in [6, 6.07) is 0. The molecule has 7 nitrogen and oxygen atoms in total. The maximum atomic E-state index is 10.7. The average Bonchev–Trinajstić information content (AvgIpc) is 2.32. The highest BCUT2D eigenvalue weighted by Crippen LogP contribution is 2.05. The van der Waals surface area contributed by atoms with Crippen LogP contribution in [0.25, 0.3) is 0 Å². The molecule has 0 spiro atoms. The number of aliphatic hydroxyl groups excluding tert-OH is 5. The van der Waals surface area contributed by atoms with Crippen molar-refractivity contribution < 1.29 is 35.1 Å². The van der Waals surface area contributed by atoms with Crippen molar-refractivity contribution >= 4 is 5.97 Å². The van der Waals surface area contributed by atoms with Gasteiger partial charge in [-0.25, -0.2) is 0 Å². The number of ether oxygens (including phenoxy) is 1. The molecule has 0 aromatic heterocycles. The Labute approximate surface area is 92.9 Å². The Hall–Kier alpha value is -0.730. The van der Waals surface area contributed by atoms with E-state index >= 15 is 0 Å². The van der Waals surface area contributed by atoms with Gasteiger partial charge in [0.2, 0.25) is 0 Å². The summed E-state index contributed by atoms with van der Waals surface area (Å²) in [7, 11) is 0. The first kappa shape index (κ1) is 15.3. The van der Waals surface area contributed by atoms with Crippen molar-refractivity contribution in [3.05, 3.63) is 0 Å². The molecule has 0 heterocycles. The van der Waals surface area contributed by atoms with Crippen LogP contribution in [0.2, 0.25) is 0 Å². The van der Waals surface area contributed by atoms with Crippen LogP contribution in [-0.4, -0.2) is 69.1 Å². The highest BCUT2D eigenvalue weighted by atomic mass is 16.5. The number of esters is 1. The zero-order chi connectivity index (χ0) is 12.7. The highest BCUT2D eigenvalue weighted by Gasteiger charge is 2.30. The minimum Gasteiger partial charge on any atom is -0.463 e. The maximum absolute atomic E-state index is 10.7. The number of hydrogen-bond acceptors (Lipinski definition) is 7. The fourth-order valence-corrected chi connectivity index (χ4v) is 0.942. The summed E-state index contributed by atoms with van der Waals surface area (Å²) in [6.45, 7) is 0.332. The van der Waals surface area contributed by atoms with Crippen LogP contribution < -0.4 is 0 Å². The Balaban J connectivity index is 4.06. The highest BCUT2D eigenvalue weighted by molar-refractivity contribution is 5.68. The molecule has 0 amide bonds. The molecule has 7 heteroatoms. The molecular weight excluding hydrogens is 220 g/mol. The molecule has 0 aromatic carbocycles. The van der Waals surface area contributed by atoms with E-state index in [4.69, 9.17) is 10.2 Å². The van der Waals surface area contributed by atoms with Crippen LogP contribution in [0.1, 0.15) is 13.3 Å². The first-order valence-corrected chi connectivity index (χ1v) is 4.92. The van der Waals surface area contributed by atoms with Crippen LogP contribution in [0.15, 0.2) is 0 Å². The molecule has 0 saturated carbocycles. The van der Waals surface area contributed by atoms with Crippen molar-refractivity contribution in [1.29, 1.82) is 0 Å². The number of aliphatic hydroxyl groups is 5. The number of hydrogen-bond donors (Lipinski definition) is 5. The molecule has 0 saturated heterocycles. The molecule has 0 aromatic rings. The third kappa shape index (κ3) is 4.86. The Morgan fingerprint density at radius 2 is 1.62 bits per heavy atom. The van der Waals surface area contributed by atoms with Gasteiger partial charge in [0, 0.05) is 6.42 Å². The van der Waals surface area contributed by atoms with Gasteiger partial charge >= 0.3 is 5.97 Å². The number of carbonyl (C=O) groups is 1. The van der Waals surface area contributed by atoms with Gasteiger partial charge in [0.25, 0.3) is 0 Å². The lowest BCUT2D eigenvalue weighted by atomic mass is 10.0. The second kappa shape index (κ2) is 7.53. The van der Waals surface area contributed by atoms with Crippen LogP contribution in [0, 0.1) is 0 Å². The van der Waals surface area contributed by atoms with E-state index in [2.05, 4.69) is 4.74 Å². The van der Waals surface area contributed by atoms with Gasteiger partial charge in [0.05, 0.1) is 6.61 Å². The molecule has 0 aliphatic rings. The van der Waals surface area contributed by atoms with Gasteiger partial charge in [-0.15, -0.1) is 0 Å². The first-order valence-electron chi connectivity index (χ1n) is 4.92. The lowest BCUT2D eigenvalue weighted by Gasteiger charge is -2.25. The smallest absolute Gasteiger partial charge is 0.305 e. The summed E-state index contributed by atoms with van der Waals surface area (Å²) in [4.78, 5) is 10.7. The second-order valence-electron chi connectivity index (χ2n) is 3.34. The van der Waals surface area contributed by atoms with Gasteiger partial charge in [0.15, 0.2) is 0 Å². The molecule has 0 radical (unpaired) electrons. The molecule has 0 bridgehead atoms. The van der Waals surface area contributed by atoms with Crippen molar-refractivity contribution in [2.24, 2.45) is 0 Å². The predicted molar refractivity (Wildman–Crippen MR) is 52.4 cm³/mol. The Morgan fingerprint density at radius 3 is 2.06 bits per heavy atom. The lowest BCUT2D eigenvalue weighted by Crippen LogP contribution is -2.47. The maximum Gasteiger partial charge on any atom is 0.305 e. The molecule has 0 aliphatic heterocycles. The molecule has 0 rings (SSSR count). The van der Waals surface area contributed by atoms with E-state index < -0.39 is 43.6 Å². The van der Waals surface area contributed by atoms with Crippen LogP contribution in [-0.2, 0) is 9.53 Å². The van der Waals surface area contributed by atoms with Gasteiger partial charge in [-0.05, 0) is 0 Å². The summed E-state index contributed by atoms with van der Waals surface area (Å²) in [5.74, 6) is -0.552. The fourth-order valence-electron chi connectivity index (χ4n) is 0.942. The third-order valence-electron chi connectivity index (χ3n) is 2.03. The van der Waals surface area contributed by atoms with Crippen molar-refractivity contribution in [1.82, 2.24) is 0 Å². The molecule has 0 unspecified atom stereocenters. The van der Waals surface area contributed by atoms with Gasteiger partial charge < -0.3 is 30.3 Å². The zero-order valence-electron chi connectivity index (χ0n) is 8.98. The van der Waals surface area contributed by atoms with E-state index in [0.29, 0.717) is 0 Å². The molecule has 0 fully saturated rings. The van der Waals surface area contributed by atoms with Crippen LogP contribution >= 0.6 is 0 Å². The van der Waals surface area contributed by atoms with E-state index in [-0.39, 0.29) is 6.42 Å². The molecule has 16 heavy (non-hydrogen) atoms. The SMILES string of the molecule is CCC(=O)OC[C@H](O)[C@@H](O)[C@H](O)[C@H](O)CO. The lowest BCUT2D eigenvalue weighted by molar-refractivity contribution is -0.155.